The minimum atomic E-state index is 0.470. The number of hydrogen-bond donors (Lipinski definition) is 2. The number of benzene rings is 1. The number of nitrogens with two attached hydrogens (primary N) is 1. The van der Waals surface area contributed by atoms with E-state index in [1.807, 2.05) is 7.05 Å². The summed E-state index contributed by atoms with van der Waals surface area (Å²) in [6.07, 6.45) is 2.89. The molecule has 1 unspecified atom stereocenters. The maximum absolute atomic E-state index is 6.01. The van der Waals surface area contributed by atoms with Crippen LogP contribution in [0.4, 0.5) is 11.8 Å². The fourth-order valence-electron chi connectivity index (χ4n) is 3.42. The molecule has 3 N–H and O–H groups in total. The lowest BCUT2D eigenvalue weighted by Gasteiger charge is -2.16. The molecule has 1 saturated heterocycles. The molecule has 7 nitrogen and oxygen atoms in total. The lowest BCUT2D eigenvalue weighted by Crippen LogP contribution is -2.23. The third kappa shape index (κ3) is 3.41. The fourth-order valence-corrected chi connectivity index (χ4v) is 3.42. The van der Waals surface area contributed by atoms with Crippen molar-refractivity contribution in [3.8, 4) is 0 Å². The highest BCUT2D eigenvalue weighted by Gasteiger charge is 2.22. The molecule has 0 amide bonds. The summed E-state index contributed by atoms with van der Waals surface area (Å²) in [6.45, 7) is 4.09. The minimum absolute atomic E-state index is 0.470. The maximum atomic E-state index is 6.01. The van der Waals surface area contributed by atoms with Crippen molar-refractivity contribution in [2.24, 2.45) is 13.0 Å². The molecule has 7 heteroatoms. The molecule has 1 atom stereocenters. The second-order valence-electron chi connectivity index (χ2n) is 6.69. The maximum Gasteiger partial charge on any atom is 0.226 e. The van der Waals surface area contributed by atoms with E-state index < -0.39 is 0 Å². The van der Waals surface area contributed by atoms with Gasteiger partial charge in [0.2, 0.25) is 5.95 Å². The Morgan fingerprint density at radius 2 is 2.08 bits per heavy atom. The zero-order valence-corrected chi connectivity index (χ0v) is 14.4. The van der Waals surface area contributed by atoms with E-state index in [-0.39, 0.29) is 0 Å². The molecule has 1 fully saturated rings. The topological polar surface area (TPSA) is 84.9 Å². The van der Waals surface area contributed by atoms with Gasteiger partial charge in [0, 0.05) is 26.7 Å². The second kappa shape index (κ2) is 6.68. The van der Waals surface area contributed by atoms with E-state index in [1.165, 1.54) is 12.0 Å². The number of aromatic nitrogens is 4. The lowest BCUT2D eigenvalue weighted by molar-refractivity contribution is 0.319. The van der Waals surface area contributed by atoms with E-state index in [4.69, 9.17) is 5.73 Å². The smallest absolute Gasteiger partial charge is 0.226 e. The first-order valence-corrected chi connectivity index (χ1v) is 8.64. The molecule has 1 aromatic carbocycles. The molecule has 3 aromatic rings. The molecule has 1 aliphatic rings. The van der Waals surface area contributed by atoms with Gasteiger partial charge in [0.25, 0.3) is 0 Å². The van der Waals surface area contributed by atoms with Crippen LogP contribution in [0.2, 0.25) is 0 Å². The molecule has 25 heavy (non-hydrogen) atoms. The third-order valence-electron chi connectivity index (χ3n) is 4.79. The van der Waals surface area contributed by atoms with Crippen LogP contribution in [0, 0.1) is 5.92 Å². The molecule has 0 spiro atoms. The average Bonchev–Trinajstić information content (AvgIpc) is 3.21. The number of likely N-dealkylation sites (tertiary alicyclic amines) is 1. The molecular weight excluding hydrogens is 314 g/mol. The summed E-state index contributed by atoms with van der Waals surface area (Å²) in [6, 6.07) is 10.6. The number of nitrogens with one attached hydrogen (secondary N) is 1. The van der Waals surface area contributed by atoms with Gasteiger partial charge in [-0.3, -0.25) is 9.58 Å². The van der Waals surface area contributed by atoms with E-state index in [2.05, 4.69) is 55.6 Å². The van der Waals surface area contributed by atoms with Crippen molar-refractivity contribution in [1.29, 1.82) is 0 Å². The number of hydrogen-bond acceptors (Lipinski definition) is 6. The molecule has 4 rings (SSSR count). The Labute approximate surface area is 146 Å². The van der Waals surface area contributed by atoms with Crippen molar-refractivity contribution in [1.82, 2.24) is 24.6 Å². The number of nitrogen functional groups attached to an aromatic ring is 1. The zero-order valence-electron chi connectivity index (χ0n) is 14.4. The van der Waals surface area contributed by atoms with Crippen LogP contribution in [-0.4, -0.2) is 44.3 Å². The number of rotatable bonds is 5. The molecule has 0 bridgehead atoms. The Kier molecular flexibility index (Phi) is 4.23. The monoisotopic (exact) mass is 337 g/mol. The molecule has 0 aliphatic carbocycles. The molecule has 0 radical (unpaired) electrons. The molecule has 3 heterocycles. The van der Waals surface area contributed by atoms with Crippen LogP contribution >= 0.6 is 0 Å². The highest BCUT2D eigenvalue weighted by atomic mass is 15.3. The summed E-state index contributed by atoms with van der Waals surface area (Å²) in [5.41, 5.74) is 8.14. The molecule has 0 saturated carbocycles. The van der Waals surface area contributed by atoms with E-state index >= 15 is 0 Å². The zero-order chi connectivity index (χ0) is 17.2. The molecule has 130 valence electrons. The average molecular weight is 337 g/mol. The van der Waals surface area contributed by atoms with Gasteiger partial charge in [0.1, 0.15) is 5.82 Å². The summed E-state index contributed by atoms with van der Waals surface area (Å²) in [4.78, 5) is 11.4. The lowest BCUT2D eigenvalue weighted by atomic mass is 10.1. The molecule has 1 aliphatic heterocycles. The van der Waals surface area contributed by atoms with Gasteiger partial charge in [-0.25, -0.2) is 0 Å². The summed E-state index contributed by atoms with van der Waals surface area (Å²) in [5, 5.41) is 8.33. The molecule has 2 aromatic heterocycles. The first-order chi connectivity index (χ1) is 12.2. The first kappa shape index (κ1) is 15.8. The van der Waals surface area contributed by atoms with E-state index in [9.17, 15) is 0 Å². The summed E-state index contributed by atoms with van der Waals surface area (Å²) >= 11 is 0. The summed E-state index contributed by atoms with van der Waals surface area (Å²) in [5.74, 6) is 1.64. The van der Waals surface area contributed by atoms with Gasteiger partial charge in [0.15, 0.2) is 5.65 Å². The standard InChI is InChI=1S/C18H23N7/c1-24-17-15(10-21-24)16(19)22-18(23-17)20-9-14-7-8-25(12-14)11-13-5-3-2-4-6-13/h2-6,10,14H,7-9,11-12H2,1H3,(H3,19,20,22,23). The van der Waals surface area contributed by atoms with Gasteiger partial charge in [-0.15, -0.1) is 0 Å². The highest BCUT2D eigenvalue weighted by molar-refractivity contribution is 5.86. The van der Waals surface area contributed by atoms with Crippen molar-refractivity contribution < 1.29 is 0 Å². The third-order valence-corrected chi connectivity index (χ3v) is 4.79. The van der Waals surface area contributed by atoms with Crippen LogP contribution in [0.15, 0.2) is 36.5 Å². The van der Waals surface area contributed by atoms with Gasteiger partial charge < -0.3 is 11.1 Å². The Hall–Kier alpha value is -2.67. The SMILES string of the molecule is Cn1ncc2c(N)nc(NCC3CCN(Cc4ccccc4)C3)nc21. The highest BCUT2D eigenvalue weighted by Crippen LogP contribution is 2.21. The first-order valence-electron chi connectivity index (χ1n) is 8.64. The van der Waals surface area contributed by atoms with Crippen LogP contribution in [0.5, 0.6) is 0 Å². The van der Waals surface area contributed by atoms with Crippen molar-refractivity contribution in [2.45, 2.75) is 13.0 Å². The van der Waals surface area contributed by atoms with Crippen LogP contribution in [0.3, 0.4) is 0 Å². The van der Waals surface area contributed by atoms with Gasteiger partial charge in [-0.05, 0) is 24.4 Å². The van der Waals surface area contributed by atoms with Crippen LogP contribution in [-0.2, 0) is 13.6 Å². The fraction of sp³-hybridized carbons (Fsp3) is 0.389. The Bertz CT molecular complexity index is 858. The van der Waals surface area contributed by atoms with E-state index in [0.29, 0.717) is 17.7 Å². The second-order valence-corrected chi connectivity index (χ2v) is 6.69. The van der Waals surface area contributed by atoms with Crippen LogP contribution in [0.25, 0.3) is 11.0 Å². The van der Waals surface area contributed by atoms with Crippen molar-refractivity contribution in [2.75, 3.05) is 30.7 Å². The quantitative estimate of drug-likeness (QED) is 0.739. The van der Waals surface area contributed by atoms with Crippen LogP contribution in [0.1, 0.15) is 12.0 Å². The van der Waals surface area contributed by atoms with Crippen molar-refractivity contribution in [3.63, 3.8) is 0 Å². The van der Waals surface area contributed by atoms with Crippen molar-refractivity contribution in [3.05, 3.63) is 42.1 Å². The Morgan fingerprint density at radius 3 is 2.92 bits per heavy atom. The van der Waals surface area contributed by atoms with Gasteiger partial charge in [-0.1, -0.05) is 30.3 Å². The summed E-state index contributed by atoms with van der Waals surface area (Å²) in [7, 11) is 1.86. The van der Waals surface area contributed by atoms with E-state index in [1.54, 1.807) is 10.9 Å². The minimum Gasteiger partial charge on any atom is -0.383 e. The Balaban J connectivity index is 1.35. The normalized spacial score (nSPS) is 18.0. The number of nitrogens with zero attached hydrogens (tertiary/aromatic N) is 5. The van der Waals surface area contributed by atoms with E-state index in [0.717, 1.165) is 37.2 Å². The number of anilines is 2. The van der Waals surface area contributed by atoms with Gasteiger partial charge >= 0.3 is 0 Å². The predicted octanol–water partition coefficient (Wildman–Crippen LogP) is 1.88. The number of fused-ring (bicyclic) bond motifs is 1. The largest absolute Gasteiger partial charge is 0.383 e. The predicted molar refractivity (Wildman–Crippen MR) is 99.0 cm³/mol. The van der Waals surface area contributed by atoms with Gasteiger partial charge in [0.05, 0.1) is 11.6 Å². The molecular formula is C18H23N7. The van der Waals surface area contributed by atoms with Crippen molar-refractivity contribution >= 4 is 22.8 Å². The van der Waals surface area contributed by atoms with Gasteiger partial charge in [-0.2, -0.15) is 15.1 Å². The summed E-state index contributed by atoms with van der Waals surface area (Å²) < 4.78 is 1.72. The Morgan fingerprint density at radius 1 is 1.24 bits per heavy atom. The van der Waals surface area contributed by atoms with Crippen LogP contribution < -0.4 is 11.1 Å². The number of aryl methyl sites for hydroxylation is 1.